The number of sulfonamides is 2. The number of hydrogen-bond donors (Lipinski definition) is 0. The highest BCUT2D eigenvalue weighted by molar-refractivity contribution is 7.92. The molecule has 0 aliphatic carbocycles. The van der Waals surface area contributed by atoms with E-state index in [4.69, 9.17) is 4.74 Å². The van der Waals surface area contributed by atoms with E-state index in [0.29, 0.717) is 12.8 Å². The summed E-state index contributed by atoms with van der Waals surface area (Å²) in [6, 6.07) is 5.63. The van der Waals surface area contributed by atoms with Crippen molar-refractivity contribution in [2.24, 2.45) is 5.92 Å². The Kier molecular flexibility index (Phi) is 7.60. The molecular weight excluding hydrogens is 404 g/mol. The zero-order valence-corrected chi connectivity index (χ0v) is 18.1. The van der Waals surface area contributed by atoms with Crippen LogP contribution in [0.1, 0.15) is 33.6 Å². The molecule has 0 spiro atoms. The first-order chi connectivity index (χ1) is 13.2. The van der Waals surface area contributed by atoms with Gasteiger partial charge >= 0.3 is 5.97 Å². The molecule has 0 amide bonds. The minimum Gasteiger partial charge on any atom is -0.466 e. The summed E-state index contributed by atoms with van der Waals surface area (Å²) in [5.74, 6) is -0.971. The van der Waals surface area contributed by atoms with Gasteiger partial charge in [-0.15, -0.1) is 0 Å². The molecule has 28 heavy (non-hydrogen) atoms. The van der Waals surface area contributed by atoms with Crippen LogP contribution in [0.25, 0.3) is 0 Å². The van der Waals surface area contributed by atoms with Crippen LogP contribution in [0.15, 0.2) is 34.1 Å². The lowest BCUT2D eigenvalue weighted by Crippen LogP contribution is -2.43. The molecule has 158 valence electrons. The lowest BCUT2D eigenvalue weighted by atomic mass is 10.0. The average molecular weight is 433 g/mol. The lowest BCUT2D eigenvalue weighted by Gasteiger charge is -2.31. The number of ether oxygens (including phenoxy) is 1. The van der Waals surface area contributed by atoms with E-state index in [2.05, 4.69) is 0 Å². The first-order valence-corrected chi connectivity index (χ1v) is 12.3. The standard InChI is InChI=1S/C18H28N2O6S2/c1-4-19(5-2)27(22,23)16-11-7-8-12-17(16)28(24,25)20-13-9-10-15(14-20)18(21)26-6-3/h7-8,11-12,15H,4-6,9-10,13-14H2,1-3H3/t15-/m1/s1. The van der Waals surface area contributed by atoms with E-state index in [9.17, 15) is 21.6 Å². The zero-order chi connectivity index (χ0) is 20.9. The Morgan fingerprint density at radius 3 is 2.29 bits per heavy atom. The van der Waals surface area contributed by atoms with Crippen LogP contribution in [-0.2, 0) is 29.6 Å². The predicted molar refractivity (Wildman–Crippen MR) is 105 cm³/mol. The largest absolute Gasteiger partial charge is 0.466 e. The molecule has 0 radical (unpaired) electrons. The molecule has 1 atom stereocenters. The SMILES string of the molecule is CCOC(=O)[C@@H]1CCCN(S(=O)(=O)c2ccccc2S(=O)(=O)N(CC)CC)C1. The molecule has 0 bridgehead atoms. The second-order valence-corrected chi connectivity index (χ2v) is 10.3. The number of piperidine rings is 1. The summed E-state index contributed by atoms with van der Waals surface area (Å²) in [7, 11) is -8.04. The number of hydrogen-bond acceptors (Lipinski definition) is 6. The van der Waals surface area contributed by atoms with Crippen LogP contribution in [-0.4, -0.2) is 64.2 Å². The number of esters is 1. The van der Waals surface area contributed by atoms with Crippen molar-refractivity contribution in [1.29, 1.82) is 0 Å². The van der Waals surface area contributed by atoms with Crippen LogP contribution in [0, 0.1) is 5.92 Å². The molecule has 0 aromatic heterocycles. The van der Waals surface area contributed by atoms with Gasteiger partial charge < -0.3 is 4.74 Å². The van der Waals surface area contributed by atoms with E-state index in [-0.39, 0.29) is 42.6 Å². The van der Waals surface area contributed by atoms with Crippen molar-refractivity contribution in [2.45, 2.75) is 43.4 Å². The maximum absolute atomic E-state index is 13.3. The van der Waals surface area contributed by atoms with Gasteiger partial charge in [-0.3, -0.25) is 4.79 Å². The Bertz CT molecular complexity index is 894. The van der Waals surface area contributed by atoms with Crippen LogP contribution < -0.4 is 0 Å². The Hall–Kier alpha value is -1.49. The van der Waals surface area contributed by atoms with Crippen molar-refractivity contribution in [3.05, 3.63) is 24.3 Å². The second-order valence-electron chi connectivity index (χ2n) is 6.49. The van der Waals surface area contributed by atoms with Gasteiger partial charge in [0.25, 0.3) is 0 Å². The summed E-state index contributed by atoms with van der Waals surface area (Å²) >= 11 is 0. The van der Waals surface area contributed by atoms with Crippen molar-refractivity contribution in [3.8, 4) is 0 Å². The summed E-state index contributed by atoms with van der Waals surface area (Å²) in [5.41, 5.74) is 0. The van der Waals surface area contributed by atoms with E-state index in [1.165, 1.54) is 32.9 Å². The molecule has 2 rings (SSSR count). The van der Waals surface area contributed by atoms with Gasteiger partial charge in [-0.25, -0.2) is 16.8 Å². The van der Waals surface area contributed by atoms with Crippen molar-refractivity contribution in [2.75, 3.05) is 32.8 Å². The third kappa shape index (κ3) is 4.56. The fraction of sp³-hybridized carbons (Fsp3) is 0.611. The molecule has 1 fully saturated rings. The molecule has 1 heterocycles. The molecule has 1 aromatic carbocycles. The fourth-order valence-electron chi connectivity index (χ4n) is 3.33. The third-order valence-electron chi connectivity index (χ3n) is 4.79. The van der Waals surface area contributed by atoms with E-state index in [1.807, 2.05) is 0 Å². The molecule has 1 aromatic rings. The molecule has 1 saturated heterocycles. The van der Waals surface area contributed by atoms with Gasteiger partial charge in [-0.05, 0) is 31.9 Å². The summed E-state index contributed by atoms with van der Waals surface area (Å²) < 4.78 is 59.9. The molecular formula is C18H28N2O6S2. The van der Waals surface area contributed by atoms with Gasteiger partial charge in [0.15, 0.2) is 0 Å². The first-order valence-electron chi connectivity index (χ1n) is 9.46. The lowest BCUT2D eigenvalue weighted by molar-refractivity contribution is -0.149. The molecule has 0 N–H and O–H groups in total. The molecule has 10 heteroatoms. The van der Waals surface area contributed by atoms with E-state index >= 15 is 0 Å². The van der Waals surface area contributed by atoms with E-state index in [1.54, 1.807) is 20.8 Å². The van der Waals surface area contributed by atoms with Crippen LogP contribution in [0.2, 0.25) is 0 Å². The number of nitrogens with zero attached hydrogens (tertiary/aromatic N) is 2. The van der Waals surface area contributed by atoms with Crippen molar-refractivity contribution in [1.82, 2.24) is 8.61 Å². The minimum absolute atomic E-state index is 0.0131. The van der Waals surface area contributed by atoms with Crippen LogP contribution >= 0.6 is 0 Å². The predicted octanol–water partition coefficient (Wildman–Crippen LogP) is 1.68. The van der Waals surface area contributed by atoms with Crippen LogP contribution in [0.3, 0.4) is 0 Å². The number of carbonyl (C=O) groups excluding carboxylic acids is 1. The summed E-state index contributed by atoms with van der Waals surface area (Å²) in [5, 5.41) is 0. The molecule has 1 aliphatic rings. The van der Waals surface area contributed by atoms with Gasteiger partial charge in [0.2, 0.25) is 20.0 Å². The van der Waals surface area contributed by atoms with E-state index < -0.39 is 31.9 Å². The Morgan fingerprint density at radius 1 is 1.11 bits per heavy atom. The highest BCUT2D eigenvalue weighted by Gasteiger charge is 2.37. The van der Waals surface area contributed by atoms with Gasteiger partial charge in [0, 0.05) is 26.2 Å². The average Bonchev–Trinajstić information content (AvgIpc) is 2.69. The number of benzene rings is 1. The Balaban J connectivity index is 2.43. The number of rotatable bonds is 8. The topological polar surface area (TPSA) is 101 Å². The monoisotopic (exact) mass is 432 g/mol. The van der Waals surface area contributed by atoms with Crippen LogP contribution in [0.5, 0.6) is 0 Å². The fourth-order valence-corrected chi connectivity index (χ4v) is 7.09. The minimum atomic E-state index is -4.09. The molecule has 0 saturated carbocycles. The second kappa shape index (κ2) is 9.34. The van der Waals surface area contributed by atoms with Crippen LogP contribution in [0.4, 0.5) is 0 Å². The van der Waals surface area contributed by atoms with Gasteiger partial charge in [0.1, 0.15) is 9.79 Å². The molecule has 0 unspecified atom stereocenters. The third-order valence-corrected chi connectivity index (χ3v) is 8.95. The molecule has 1 aliphatic heterocycles. The quantitative estimate of drug-likeness (QED) is 0.579. The van der Waals surface area contributed by atoms with Gasteiger partial charge in [-0.2, -0.15) is 8.61 Å². The zero-order valence-electron chi connectivity index (χ0n) is 16.5. The van der Waals surface area contributed by atoms with Gasteiger partial charge in [0.05, 0.1) is 12.5 Å². The molecule has 8 nitrogen and oxygen atoms in total. The smallest absolute Gasteiger partial charge is 0.310 e. The Labute approximate surface area is 167 Å². The normalized spacial score (nSPS) is 18.9. The summed E-state index contributed by atoms with van der Waals surface area (Å²) in [6.45, 7) is 6.03. The summed E-state index contributed by atoms with van der Waals surface area (Å²) in [6.07, 6.45) is 1.05. The highest BCUT2D eigenvalue weighted by atomic mass is 32.2. The number of carbonyl (C=O) groups is 1. The van der Waals surface area contributed by atoms with Crippen molar-refractivity contribution >= 4 is 26.0 Å². The summed E-state index contributed by atoms with van der Waals surface area (Å²) in [4.78, 5) is 11.6. The first kappa shape index (κ1) is 22.8. The maximum Gasteiger partial charge on any atom is 0.310 e. The maximum atomic E-state index is 13.3. The van der Waals surface area contributed by atoms with Gasteiger partial charge in [-0.1, -0.05) is 26.0 Å². The highest BCUT2D eigenvalue weighted by Crippen LogP contribution is 2.30. The Morgan fingerprint density at radius 2 is 1.71 bits per heavy atom. The van der Waals surface area contributed by atoms with Crippen molar-refractivity contribution in [3.63, 3.8) is 0 Å². The van der Waals surface area contributed by atoms with Crippen molar-refractivity contribution < 1.29 is 26.4 Å². The van der Waals surface area contributed by atoms with E-state index in [0.717, 1.165) is 0 Å².